The van der Waals surface area contributed by atoms with E-state index in [1.165, 1.54) is 44.9 Å². The molecule has 4 saturated carbocycles. The van der Waals surface area contributed by atoms with Crippen molar-refractivity contribution in [3.05, 3.63) is 0 Å². The van der Waals surface area contributed by atoms with Crippen LogP contribution in [0.5, 0.6) is 0 Å². The van der Waals surface area contributed by atoms with Crippen LogP contribution in [-0.2, 0) is 4.79 Å². The van der Waals surface area contributed by atoms with Gasteiger partial charge in [0, 0.05) is 5.92 Å². The first kappa shape index (κ1) is 17.0. The standard InChI is InChI=1S/C21H34O3/c1-20-11-4-3-5-13(20)6-7-14-15-8-9-17(18(22)19(23)24)21(15,2)12-10-16(14)20/h13-17,19,23-24H,3-12H2,1-2H3/t13-,14-,15-,16-,17+,20-,21-/m0/s1. The smallest absolute Gasteiger partial charge is 0.213 e. The van der Waals surface area contributed by atoms with Crippen LogP contribution in [0, 0.1) is 40.4 Å². The Balaban J connectivity index is 1.60. The summed E-state index contributed by atoms with van der Waals surface area (Å²) in [5, 5.41) is 18.8. The molecule has 0 spiro atoms. The highest BCUT2D eigenvalue weighted by Gasteiger charge is 2.61. The van der Waals surface area contributed by atoms with E-state index in [0.717, 1.165) is 37.0 Å². The maximum atomic E-state index is 12.4. The van der Waals surface area contributed by atoms with Crippen molar-refractivity contribution in [1.29, 1.82) is 0 Å². The summed E-state index contributed by atoms with van der Waals surface area (Å²) in [6.45, 7) is 4.85. The number of Topliss-reactive ketones (excluding diaryl/α,β-unsaturated/α-hetero) is 1. The van der Waals surface area contributed by atoms with Crippen LogP contribution in [-0.4, -0.2) is 22.3 Å². The van der Waals surface area contributed by atoms with E-state index in [-0.39, 0.29) is 17.1 Å². The van der Waals surface area contributed by atoms with Gasteiger partial charge in [-0.2, -0.15) is 0 Å². The molecular weight excluding hydrogens is 300 g/mol. The van der Waals surface area contributed by atoms with Crippen molar-refractivity contribution in [2.45, 2.75) is 84.3 Å². The van der Waals surface area contributed by atoms with Crippen LogP contribution >= 0.6 is 0 Å². The number of rotatable bonds is 2. The van der Waals surface area contributed by atoms with Gasteiger partial charge in [-0.3, -0.25) is 4.79 Å². The van der Waals surface area contributed by atoms with E-state index in [0.29, 0.717) is 11.3 Å². The van der Waals surface area contributed by atoms with Crippen LogP contribution < -0.4 is 0 Å². The van der Waals surface area contributed by atoms with Crippen molar-refractivity contribution in [3.63, 3.8) is 0 Å². The van der Waals surface area contributed by atoms with Gasteiger partial charge in [0.1, 0.15) is 0 Å². The number of carbonyl (C=O) groups excluding carboxylic acids is 1. The van der Waals surface area contributed by atoms with Crippen molar-refractivity contribution in [2.75, 3.05) is 0 Å². The normalized spacial score (nSPS) is 51.0. The summed E-state index contributed by atoms with van der Waals surface area (Å²) >= 11 is 0. The van der Waals surface area contributed by atoms with Crippen molar-refractivity contribution >= 4 is 5.78 Å². The third-order valence-corrected chi connectivity index (χ3v) is 9.18. The molecule has 2 N–H and O–H groups in total. The molecule has 0 aromatic heterocycles. The molecule has 4 aliphatic rings. The predicted molar refractivity (Wildman–Crippen MR) is 93.1 cm³/mol. The van der Waals surface area contributed by atoms with Gasteiger partial charge in [-0.15, -0.1) is 0 Å². The molecule has 0 aromatic rings. The van der Waals surface area contributed by atoms with Crippen LogP contribution in [0.3, 0.4) is 0 Å². The molecule has 4 fully saturated rings. The van der Waals surface area contributed by atoms with Gasteiger partial charge < -0.3 is 10.2 Å². The lowest BCUT2D eigenvalue weighted by Gasteiger charge is -2.60. The van der Waals surface area contributed by atoms with Gasteiger partial charge in [0.15, 0.2) is 5.78 Å². The first-order chi connectivity index (χ1) is 11.4. The van der Waals surface area contributed by atoms with Crippen LogP contribution in [0.2, 0.25) is 0 Å². The zero-order valence-electron chi connectivity index (χ0n) is 15.3. The largest absolute Gasteiger partial charge is 0.362 e. The van der Waals surface area contributed by atoms with E-state index in [4.69, 9.17) is 0 Å². The molecular formula is C21H34O3. The van der Waals surface area contributed by atoms with Gasteiger partial charge in [-0.1, -0.05) is 26.7 Å². The molecule has 0 aromatic carbocycles. The zero-order chi connectivity index (χ0) is 17.1. The molecule has 7 atom stereocenters. The summed E-state index contributed by atoms with van der Waals surface area (Å²) in [4.78, 5) is 12.4. The average Bonchev–Trinajstić information content (AvgIpc) is 2.90. The molecule has 0 aliphatic heterocycles. The first-order valence-electron chi connectivity index (χ1n) is 10.3. The topological polar surface area (TPSA) is 57.5 Å². The fourth-order valence-electron chi connectivity index (χ4n) is 7.94. The molecule has 3 heteroatoms. The van der Waals surface area contributed by atoms with E-state index >= 15 is 0 Å². The number of ketones is 1. The Bertz CT molecular complexity index is 515. The van der Waals surface area contributed by atoms with Crippen LogP contribution in [0.25, 0.3) is 0 Å². The summed E-state index contributed by atoms with van der Waals surface area (Å²) in [7, 11) is 0. The van der Waals surface area contributed by atoms with Crippen LogP contribution in [0.1, 0.15) is 78.1 Å². The third-order valence-electron chi connectivity index (χ3n) is 9.18. The summed E-state index contributed by atoms with van der Waals surface area (Å²) in [6.07, 6.45) is 10.9. The Kier molecular flexibility index (Phi) is 4.12. The minimum atomic E-state index is -1.78. The molecule has 3 nitrogen and oxygen atoms in total. The van der Waals surface area contributed by atoms with Crippen molar-refractivity contribution < 1.29 is 15.0 Å². The monoisotopic (exact) mass is 334 g/mol. The minimum Gasteiger partial charge on any atom is -0.362 e. The van der Waals surface area contributed by atoms with Crippen LogP contribution in [0.15, 0.2) is 0 Å². The molecule has 0 amide bonds. The molecule has 0 unspecified atom stereocenters. The highest BCUT2D eigenvalue weighted by Crippen LogP contribution is 2.67. The van der Waals surface area contributed by atoms with Crippen molar-refractivity contribution in [2.24, 2.45) is 40.4 Å². The number of hydrogen-bond acceptors (Lipinski definition) is 3. The highest BCUT2D eigenvalue weighted by atomic mass is 16.5. The Morgan fingerprint density at radius 1 is 0.875 bits per heavy atom. The van der Waals surface area contributed by atoms with Gasteiger partial charge in [0.25, 0.3) is 0 Å². The van der Waals surface area contributed by atoms with Crippen molar-refractivity contribution in [3.8, 4) is 0 Å². The van der Waals surface area contributed by atoms with E-state index < -0.39 is 6.29 Å². The number of carbonyl (C=O) groups is 1. The van der Waals surface area contributed by atoms with Gasteiger partial charge in [-0.05, 0) is 85.9 Å². The highest BCUT2D eigenvalue weighted by molar-refractivity contribution is 5.84. The van der Waals surface area contributed by atoms with Gasteiger partial charge in [-0.25, -0.2) is 0 Å². The lowest BCUT2D eigenvalue weighted by atomic mass is 9.45. The summed E-state index contributed by atoms with van der Waals surface area (Å²) < 4.78 is 0. The van der Waals surface area contributed by atoms with Crippen LogP contribution in [0.4, 0.5) is 0 Å². The quantitative estimate of drug-likeness (QED) is 0.753. The minimum absolute atomic E-state index is 0.000175. The SMILES string of the molecule is C[C@]12CCCC[C@H]1CC[C@@H]1[C@@H]2CC[C@]2(C)[C@@H](C(=O)C(O)O)CC[C@@H]12. The molecule has 0 saturated heterocycles. The fourth-order valence-corrected chi connectivity index (χ4v) is 7.94. The molecule has 0 bridgehead atoms. The summed E-state index contributed by atoms with van der Waals surface area (Å²) in [5.74, 6) is 2.68. The zero-order valence-corrected chi connectivity index (χ0v) is 15.3. The summed E-state index contributed by atoms with van der Waals surface area (Å²) in [6, 6.07) is 0. The maximum absolute atomic E-state index is 12.4. The maximum Gasteiger partial charge on any atom is 0.213 e. The molecule has 4 aliphatic carbocycles. The predicted octanol–water partition coefficient (Wildman–Crippen LogP) is 3.92. The fraction of sp³-hybridized carbons (Fsp3) is 0.952. The second kappa shape index (κ2) is 5.81. The lowest BCUT2D eigenvalue weighted by Crippen LogP contribution is -2.53. The molecule has 24 heavy (non-hydrogen) atoms. The summed E-state index contributed by atoms with van der Waals surface area (Å²) in [5.41, 5.74) is 0.529. The second-order valence-corrected chi connectivity index (χ2v) is 9.85. The Labute approximate surface area is 146 Å². The van der Waals surface area contributed by atoms with E-state index in [9.17, 15) is 15.0 Å². The van der Waals surface area contributed by atoms with Gasteiger partial charge in [0.2, 0.25) is 6.29 Å². The average molecular weight is 335 g/mol. The Morgan fingerprint density at radius 2 is 1.62 bits per heavy atom. The molecule has 0 heterocycles. The first-order valence-corrected chi connectivity index (χ1v) is 10.3. The molecule has 4 rings (SSSR count). The van der Waals surface area contributed by atoms with Gasteiger partial charge in [0.05, 0.1) is 0 Å². The Morgan fingerprint density at radius 3 is 2.38 bits per heavy atom. The van der Waals surface area contributed by atoms with E-state index in [1.807, 2.05) is 0 Å². The van der Waals surface area contributed by atoms with Crippen molar-refractivity contribution in [1.82, 2.24) is 0 Å². The lowest BCUT2D eigenvalue weighted by molar-refractivity contribution is -0.158. The number of fused-ring (bicyclic) bond motifs is 5. The number of aliphatic hydroxyl groups is 2. The third kappa shape index (κ3) is 2.26. The Hall–Kier alpha value is -0.410. The van der Waals surface area contributed by atoms with E-state index in [2.05, 4.69) is 13.8 Å². The number of aliphatic hydroxyl groups excluding tert-OH is 1. The van der Waals surface area contributed by atoms with E-state index in [1.54, 1.807) is 0 Å². The second-order valence-electron chi connectivity index (χ2n) is 9.85. The molecule has 136 valence electrons. The molecule has 0 radical (unpaired) electrons. The van der Waals surface area contributed by atoms with Gasteiger partial charge >= 0.3 is 0 Å². The number of hydrogen-bond donors (Lipinski definition) is 2.